The van der Waals surface area contributed by atoms with Crippen molar-refractivity contribution in [2.45, 2.75) is 11.2 Å². The van der Waals surface area contributed by atoms with Crippen molar-refractivity contribution in [3.05, 3.63) is 11.1 Å². The van der Waals surface area contributed by atoms with E-state index in [1.807, 2.05) is 0 Å². The molecule has 1 aromatic rings. The molecule has 5 nitrogen and oxygen atoms in total. The maximum Gasteiger partial charge on any atom is 0.272 e. The fraction of sp³-hybridized carbons (Fsp3) is 0.625. The van der Waals surface area contributed by atoms with Crippen LogP contribution in [0.1, 0.15) is 16.9 Å². The Hall–Kier alpha value is -0.530. The Labute approximate surface area is 101 Å². The fourth-order valence-corrected chi connectivity index (χ4v) is 1.89. The second-order valence-corrected chi connectivity index (χ2v) is 4.79. The van der Waals surface area contributed by atoms with E-state index in [-0.39, 0.29) is 10.7 Å². The number of nitrogens with zero attached hydrogens (tertiary/aromatic N) is 2. The van der Waals surface area contributed by atoms with E-state index in [1.54, 1.807) is 12.5 Å². The van der Waals surface area contributed by atoms with Gasteiger partial charge in [0, 0.05) is 23.9 Å². The summed E-state index contributed by atoms with van der Waals surface area (Å²) >= 11 is 4.60. The Morgan fingerprint density at radius 2 is 2.60 bits per heavy atom. The molecular formula is C8H12BrN3O2S. The molecule has 84 valence electrons. The number of ether oxygens (including phenoxy) is 1. The zero-order chi connectivity index (χ0) is 11.1. The van der Waals surface area contributed by atoms with Crippen LogP contribution in [0, 0.1) is 0 Å². The third kappa shape index (κ3) is 4.67. The number of halogens is 1. The summed E-state index contributed by atoms with van der Waals surface area (Å²) in [5.41, 5.74) is 0.373. The van der Waals surface area contributed by atoms with Gasteiger partial charge in [-0.15, -0.1) is 5.10 Å². The average molecular weight is 294 g/mol. The molecule has 1 rings (SSSR count). The first-order valence-electron chi connectivity index (χ1n) is 4.42. The number of carbonyl (C=O) groups excluding carboxylic acids is 1. The average Bonchev–Trinajstić information content (AvgIpc) is 2.70. The summed E-state index contributed by atoms with van der Waals surface area (Å²) in [5, 5.41) is 8.05. The SMILES string of the molecule is COCC(Br)CCNC(=O)c1csnn1. The zero-order valence-electron chi connectivity index (χ0n) is 8.27. The molecule has 7 heteroatoms. The van der Waals surface area contributed by atoms with Gasteiger partial charge in [0.25, 0.3) is 5.91 Å². The summed E-state index contributed by atoms with van der Waals surface area (Å²) < 4.78 is 8.57. The highest BCUT2D eigenvalue weighted by molar-refractivity contribution is 9.09. The summed E-state index contributed by atoms with van der Waals surface area (Å²) in [6.45, 7) is 1.23. The molecule has 0 aromatic carbocycles. The van der Waals surface area contributed by atoms with Crippen molar-refractivity contribution in [1.29, 1.82) is 0 Å². The van der Waals surface area contributed by atoms with Crippen molar-refractivity contribution in [2.24, 2.45) is 0 Å². The van der Waals surface area contributed by atoms with Crippen LogP contribution in [0.15, 0.2) is 5.38 Å². The number of hydrogen-bond donors (Lipinski definition) is 1. The summed E-state index contributed by atoms with van der Waals surface area (Å²) in [6, 6.07) is 0. The molecule has 0 aliphatic rings. The molecule has 1 aromatic heterocycles. The Balaban J connectivity index is 2.18. The van der Waals surface area contributed by atoms with Gasteiger partial charge in [-0.2, -0.15) is 0 Å². The molecule has 1 N–H and O–H groups in total. The van der Waals surface area contributed by atoms with Crippen LogP contribution in [0.3, 0.4) is 0 Å². The zero-order valence-corrected chi connectivity index (χ0v) is 10.7. The molecule has 0 saturated carbocycles. The van der Waals surface area contributed by atoms with Gasteiger partial charge >= 0.3 is 0 Å². The van der Waals surface area contributed by atoms with Gasteiger partial charge in [0.2, 0.25) is 0 Å². The van der Waals surface area contributed by atoms with E-state index < -0.39 is 0 Å². The van der Waals surface area contributed by atoms with E-state index in [0.717, 1.165) is 18.0 Å². The number of aromatic nitrogens is 2. The summed E-state index contributed by atoms with van der Waals surface area (Å²) in [6.07, 6.45) is 0.817. The lowest BCUT2D eigenvalue weighted by molar-refractivity contribution is 0.0947. The molecule has 1 amide bonds. The van der Waals surface area contributed by atoms with Crippen LogP contribution in [0.4, 0.5) is 0 Å². The first kappa shape index (κ1) is 12.5. The van der Waals surface area contributed by atoms with Crippen LogP contribution < -0.4 is 5.32 Å². The van der Waals surface area contributed by atoms with Crippen LogP contribution in [-0.2, 0) is 4.74 Å². The topological polar surface area (TPSA) is 64.1 Å². The number of alkyl halides is 1. The second-order valence-electron chi connectivity index (χ2n) is 2.89. The van der Waals surface area contributed by atoms with Crippen molar-refractivity contribution in [2.75, 3.05) is 20.3 Å². The Morgan fingerprint density at radius 1 is 1.80 bits per heavy atom. The molecule has 0 saturated heterocycles. The van der Waals surface area contributed by atoms with Gasteiger partial charge in [-0.3, -0.25) is 4.79 Å². The van der Waals surface area contributed by atoms with Crippen LogP contribution in [0.25, 0.3) is 0 Å². The number of nitrogens with one attached hydrogen (secondary N) is 1. The van der Waals surface area contributed by atoms with Gasteiger partial charge in [0.1, 0.15) is 0 Å². The quantitative estimate of drug-likeness (QED) is 0.797. The summed E-state index contributed by atoms with van der Waals surface area (Å²) in [7, 11) is 1.65. The number of hydrogen-bond acceptors (Lipinski definition) is 5. The van der Waals surface area contributed by atoms with Gasteiger partial charge in [-0.25, -0.2) is 0 Å². The summed E-state index contributed by atoms with van der Waals surface area (Å²) in [4.78, 5) is 11.7. The molecule has 1 unspecified atom stereocenters. The summed E-state index contributed by atoms with van der Waals surface area (Å²) in [5.74, 6) is -0.180. The van der Waals surface area contributed by atoms with Crippen molar-refractivity contribution in [3.8, 4) is 0 Å². The number of carbonyl (C=O) groups is 1. The maximum atomic E-state index is 11.4. The molecule has 0 radical (unpaired) electrons. The highest BCUT2D eigenvalue weighted by atomic mass is 79.9. The molecule has 0 fully saturated rings. The third-order valence-electron chi connectivity index (χ3n) is 1.68. The number of rotatable bonds is 6. The smallest absolute Gasteiger partial charge is 0.272 e. The van der Waals surface area contributed by atoms with Crippen LogP contribution in [0.2, 0.25) is 0 Å². The largest absolute Gasteiger partial charge is 0.384 e. The molecule has 0 aliphatic carbocycles. The molecule has 0 aliphatic heterocycles. The minimum Gasteiger partial charge on any atom is -0.384 e. The van der Waals surface area contributed by atoms with E-state index >= 15 is 0 Å². The lowest BCUT2D eigenvalue weighted by atomic mass is 10.3. The van der Waals surface area contributed by atoms with Gasteiger partial charge < -0.3 is 10.1 Å². The van der Waals surface area contributed by atoms with E-state index in [2.05, 4.69) is 30.8 Å². The highest BCUT2D eigenvalue weighted by Gasteiger charge is 2.09. The van der Waals surface area contributed by atoms with Crippen LogP contribution in [0.5, 0.6) is 0 Å². The molecular weight excluding hydrogens is 282 g/mol. The van der Waals surface area contributed by atoms with Gasteiger partial charge in [0.05, 0.1) is 6.61 Å². The van der Waals surface area contributed by atoms with Gasteiger partial charge in [-0.05, 0) is 18.0 Å². The van der Waals surface area contributed by atoms with Crippen molar-refractivity contribution >= 4 is 33.4 Å². The number of methoxy groups -OCH3 is 1. The molecule has 1 heterocycles. The first-order chi connectivity index (χ1) is 7.24. The monoisotopic (exact) mass is 293 g/mol. The van der Waals surface area contributed by atoms with E-state index in [1.165, 1.54) is 0 Å². The Kier molecular flexibility index (Phi) is 5.74. The van der Waals surface area contributed by atoms with Crippen molar-refractivity contribution in [1.82, 2.24) is 14.9 Å². The van der Waals surface area contributed by atoms with Crippen LogP contribution in [-0.4, -0.2) is 40.6 Å². The lowest BCUT2D eigenvalue weighted by Crippen LogP contribution is -2.27. The van der Waals surface area contributed by atoms with Crippen molar-refractivity contribution < 1.29 is 9.53 Å². The van der Waals surface area contributed by atoms with Crippen LogP contribution >= 0.6 is 27.5 Å². The van der Waals surface area contributed by atoms with E-state index in [0.29, 0.717) is 18.8 Å². The standard InChI is InChI=1S/C8H12BrN3O2S/c1-14-4-6(9)2-3-10-8(13)7-5-15-12-11-7/h5-6H,2-4H2,1H3,(H,10,13). The van der Waals surface area contributed by atoms with Gasteiger partial charge in [0.15, 0.2) is 5.69 Å². The highest BCUT2D eigenvalue weighted by Crippen LogP contribution is 2.04. The normalized spacial score (nSPS) is 12.4. The fourth-order valence-electron chi connectivity index (χ4n) is 0.961. The molecule has 0 spiro atoms. The maximum absolute atomic E-state index is 11.4. The predicted molar refractivity (Wildman–Crippen MR) is 61.5 cm³/mol. The van der Waals surface area contributed by atoms with Gasteiger partial charge in [-0.1, -0.05) is 20.4 Å². The first-order valence-corrected chi connectivity index (χ1v) is 6.17. The Bertz CT molecular complexity index is 294. The van der Waals surface area contributed by atoms with Crippen molar-refractivity contribution in [3.63, 3.8) is 0 Å². The molecule has 15 heavy (non-hydrogen) atoms. The minimum absolute atomic E-state index is 0.180. The molecule has 0 bridgehead atoms. The third-order valence-corrected chi connectivity index (χ3v) is 2.91. The van der Waals surface area contributed by atoms with E-state index in [4.69, 9.17) is 4.74 Å². The second kappa shape index (κ2) is 6.86. The minimum atomic E-state index is -0.180. The Morgan fingerprint density at radius 3 is 3.20 bits per heavy atom. The molecule has 1 atom stereocenters. The lowest BCUT2D eigenvalue weighted by Gasteiger charge is -2.08. The predicted octanol–water partition coefficient (Wildman–Crippen LogP) is 1.07. The number of amides is 1. The van der Waals surface area contributed by atoms with E-state index in [9.17, 15) is 4.79 Å².